The second-order valence-electron chi connectivity index (χ2n) is 9.74. The van der Waals surface area contributed by atoms with Gasteiger partial charge in [0.05, 0.1) is 18.3 Å². The molecule has 212 valence electrons. The lowest BCUT2D eigenvalue weighted by Gasteiger charge is -2.11. The third kappa shape index (κ3) is 10.5. The Morgan fingerprint density at radius 2 is 1.50 bits per heavy atom. The molecular formula is C32H38ClN3O4. The standard InChI is InChI=1S/C32H38ClN3O4/c1-2-3-4-5-6-7-8-9-10-15-30(37)34-23-31(38)36-35-22-28-27-14-12-11-13-24(27)18-21-29(28)40-32(39)25-16-19-26(33)20-17-25/h11-14,16-22H,2-10,15,23H2,1H3,(H,34,37)(H,36,38)/b35-22-. The van der Waals surface area contributed by atoms with Crippen LogP contribution in [0, 0.1) is 0 Å². The Hall–Kier alpha value is -3.71. The van der Waals surface area contributed by atoms with Crippen LogP contribution < -0.4 is 15.5 Å². The number of nitrogens with zero attached hydrogens (tertiary/aromatic N) is 1. The molecule has 0 bridgehead atoms. The highest BCUT2D eigenvalue weighted by Crippen LogP contribution is 2.27. The van der Waals surface area contributed by atoms with Crippen molar-refractivity contribution in [3.8, 4) is 5.75 Å². The van der Waals surface area contributed by atoms with Crippen molar-refractivity contribution in [1.29, 1.82) is 0 Å². The van der Waals surface area contributed by atoms with Crippen molar-refractivity contribution in [2.75, 3.05) is 6.54 Å². The minimum Gasteiger partial charge on any atom is -0.422 e. The summed E-state index contributed by atoms with van der Waals surface area (Å²) in [4.78, 5) is 37.1. The van der Waals surface area contributed by atoms with Crippen LogP contribution in [0.3, 0.4) is 0 Å². The number of carbonyl (C=O) groups is 3. The summed E-state index contributed by atoms with van der Waals surface area (Å²) in [5.41, 5.74) is 3.33. The van der Waals surface area contributed by atoms with Crippen molar-refractivity contribution in [3.05, 3.63) is 76.8 Å². The molecule has 0 atom stereocenters. The Morgan fingerprint density at radius 1 is 0.825 bits per heavy atom. The van der Waals surface area contributed by atoms with Crippen LogP contribution in [0.4, 0.5) is 0 Å². The number of amides is 2. The van der Waals surface area contributed by atoms with E-state index in [1.165, 1.54) is 44.7 Å². The minimum absolute atomic E-state index is 0.146. The fourth-order valence-corrected chi connectivity index (χ4v) is 4.44. The highest BCUT2D eigenvalue weighted by Gasteiger charge is 2.14. The molecule has 2 N–H and O–H groups in total. The van der Waals surface area contributed by atoms with Crippen LogP contribution in [0.5, 0.6) is 5.75 Å². The molecule has 3 rings (SSSR count). The van der Waals surface area contributed by atoms with Crippen LogP contribution in [0.1, 0.15) is 87.1 Å². The molecule has 0 aromatic heterocycles. The number of esters is 1. The molecule has 0 radical (unpaired) electrons. The van der Waals surface area contributed by atoms with E-state index in [0.717, 1.165) is 30.0 Å². The number of fused-ring (bicyclic) bond motifs is 1. The summed E-state index contributed by atoms with van der Waals surface area (Å²) in [5.74, 6) is -0.838. The molecule has 0 heterocycles. The first-order valence-electron chi connectivity index (χ1n) is 14.1. The summed E-state index contributed by atoms with van der Waals surface area (Å²) in [7, 11) is 0. The van der Waals surface area contributed by atoms with Gasteiger partial charge in [-0.05, 0) is 47.5 Å². The summed E-state index contributed by atoms with van der Waals surface area (Å²) < 4.78 is 5.66. The maximum atomic E-state index is 12.7. The molecule has 0 fully saturated rings. The van der Waals surface area contributed by atoms with Crippen molar-refractivity contribution < 1.29 is 19.1 Å². The van der Waals surface area contributed by atoms with Crippen molar-refractivity contribution in [1.82, 2.24) is 10.7 Å². The Morgan fingerprint density at radius 3 is 2.23 bits per heavy atom. The molecule has 7 nitrogen and oxygen atoms in total. The maximum Gasteiger partial charge on any atom is 0.343 e. The average molecular weight is 564 g/mol. The van der Waals surface area contributed by atoms with E-state index >= 15 is 0 Å². The van der Waals surface area contributed by atoms with Crippen LogP contribution in [-0.4, -0.2) is 30.5 Å². The van der Waals surface area contributed by atoms with E-state index in [-0.39, 0.29) is 12.5 Å². The van der Waals surface area contributed by atoms with Gasteiger partial charge in [0, 0.05) is 17.0 Å². The second kappa shape index (κ2) is 17.1. The molecule has 3 aromatic rings. The molecule has 0 spiro atoms. The Bertz CT molecular complexity index is 1290. The lowest BCUT2D eigenvalue weighted by atomic mass is 10.0. The summed E-state index contributed by atoms with van der Waals surface area (Å²) in [6.45, 7) is 2.05. The molecule has 0 aliphatic rings. The van der Waals surface area contributed by atoms with Crippen LogP contribution >= 0.6 is 11.6 Å². The third-order valence-corrected chi connectivity index (χ3v) is 6.80. The van der Waals surface area contributed by atoms with E-state index in [1.54, 1.807) is 30.3 Å². The number of nitrogens with one attached hydrogen (secondary N) is 2. The summed E-state index contributed by atoms with van der Waals surface area (Å²) >= 11 is 5.92. The van der Waals surface area contributed by atoms with Gasteiger partial charge in [-0.2, -0.15) is 5.10 Å². The second-order valence-corrected chi connectivity index (χ2v) is 10.2. The number of hydrazone groups is 1. The van der Waals surface area contributed by atoms with Crippen LogP contribution in [0.15, 0.2) is 65.8 Å². The minimum atomic E-state index is -0.541. The predicted octanol–water partition coefficient (Wildman–Crippen LogP) is 7.20. The van der Waals surface area contributed by atoms with Gasteiger partial charge in [0.15, 0.2) is 0 Å². The number of hydrogen-bond acceptors (Lipinski definition) is 5. The molecule has 8 heteroatoms. The number of benzene rings is 3. The maximum absolute atomic E-state index is 12.7. The van der Waals surface area contributed by atoms with Gasteiger partial charge in [0.1, 0.15) is 5.75 Å². The number of rotatable bonds is 16. The summed E-state index contributed by atoms with van der Waals surface area (Å²) in [5, 5.41) is 8.94. The van der Waals surface area contributed by atoms with Gasteiger partial charge in [-0.1, -0.05) is 100 Å². The first kappa shape index (κ1) is 30.8. The van der Waals surface area contributed by atoms with Crippen molar-refractivity contribution >= 4 is 46.4 Å². The highest BCUT2D eigenvalue weighted by atomic mass is 35.5. The topological polar surface area (TPSA) is 96.9 Å². The molecule has 0 aliphatic heterocycles. The van der Waals surface area contributed by atoms with Gasteiger partial charge >= 0.3 is 5.97 Å². The zero-order valence-electron chi connectivity index (χ0n) is 23.1. The van der Waals surface area contributed by atoms with E-state index in [1.807, 2.05) is 30.3 Å². The van der Waals surface area contributed by atoms with E-state index in [2.05, 4.69) is 22.8 Å². The molecule has 2 amide bonds. The summed E-state index contributed by atoms with van der Waals surface area (Å²) in [6, 6.07) is 17.5. The molecule has 3 aromatic carbocycles. The fourth-order valence-electron chi connectivity index (χ4n) is 4.31. The van der Waals surface area contributed by atoms with Gasteiger partial charge in [0.25, 0.3) is 5.91 Å². The summed E-state index contributed by atoms with van der Waals surface area (Å²) in [6.07, 6.45) is 12.5. The molecule has 40 heavy (non-hydrogen) atoms. The molecule has 0 saturated heterocycles. The number of halogens is 1. The van der Waals surface area contributed by atoms with Gasteiger partial charge in [-0.15, -0.1) is 0 Å². The Kier molecular flexibility index (Phi) is 13.2. The van der Waals surface area contributed by atoms with Crippen LogP contribution in [0.25, 0.3) is 10.8 Å². The molecule has 0 aliphatic carbocycles. The monoisotopic (exact) mass is 563 g/mol. The van der Waals surface area contributed by atoms with Crippen LogP contribution in [0.2, 0.25) is 5.02 Å². The van der Waals surface area contributed by atoms with Gasteiger partial charge in [-0.25, -0.2) is 10.2 Å². The van der Waals surface area contributed by atoms with Crippen molar-refractivity contribution in [2.45, 2.75) is 71.1 Å². The molecule has 0 saturated carbocycles. The van der Waals surface area contributed by atoms with E-state index < -0.39 is 11.9 Å². The highest BCUT2D eigenvalue weighted by molar-refractivity contribution is 6.30. The lowest BCUT2D eigenvalue weighted by molar-refractivity contribution is -0.126. The zero-order valence-corrected chi connectivity index (χ0v) is 23.8. The van der Waals surface area contributed by atoms with Crippen molar-refractivity contribution in [3.63, 3.8) is 0 Å². The number of ether oxygens (including phenoxy) is 1. The fraction of sp³-hybridized carbons (Fsp3) is 0.375. The predicted molar refractivity (Wildman–Crippen MR) is 161 cm³/mol. The average Bonchev–Trinajstić information content (AvgIpc) is 2.96. The molecular weight excluding hydrogens is 526 g/mol. The lowest BCUT2D eigenvalue weighted by Crippen LogP contribution is -2.34. The smallest absolute Gasteiger partial charge is 0.343 e. The molecule has 0 unspecified atom stereocenters. The normalized spacial score (nSPS) is 11.1. The zero-order chi connectivity index (χ0) is 28.6. The first-order valence-corrected chi connectivity index (χ1v) is 14.4. The van der Waals surface area contributed by atoms with E-state index in [9.17, 15) is 14.4 Å². The number of hydrogen-bond donors (Lipinski definition) is 2. The Labute approximate surface area is 241 Å². The van der Waals surface area contributed by atoms with Gasteiger partial charge in [-0.3, -0.25) is 9.59 Å². The van der Waals surface area contributed by atoms with Gasteiger partial charge in [0.2, 0.25) is 5.91 Å². The first-order chi connectivity index (χ1) is 19.5. The van der Waals surface area contributed by atoms with E-state index in [0.29, 0.717) is 28.3 Å². The SMILES string of the molecule is CCCCCCCCCCCC(=O)NCC(=O)N/N=C\c1c(OC(=O)c2ccc(Cl)cc2)ccc2ccccc12. The quantitative estimate of drug-likeness (QED) is 0.0633. The number of carbonyl (C=O) groups excluding carboxylic acids is 3. The van der Waals surface area contributed by atoms with E-state index in [4.69, 9.17) is 16.3 Å². The number of unbranched alkanes of at least 4 members (excludes halogenated alkanes) is 8. The Balaban J connectivity index is 1.48. The van der Waals surface area contributed by atoms with Crippen molar-refractivity contribution in [2.24, 2.45) is 5.10 Å². The van der Waals surface area contributed by atoms with Gasteiger partial charge < -0.3 is 10.1 Å². The largest absolute Gasteiger partial charge is 0.422 e. The third-order valence-electron chi connectivity index (χ3n) is 6.55. The van der Waals surface area contributed by atoms with Crippen LogP contribution in [-0.2, 0) is 9.59 Å².